The molecule has 5 nitrogen and oxygen atoms in total. The minimum atomic E-state index is -0.226. The SMILES string of the molecule is Cc1nc(N[C@@H]2CCCNC2=O)c2cc(-c3ccccc3)sc2n1. The van der Waals surface area contributed by atoms with Crippen molar-refractivity contribution in [1.29, 1.82) is 0 Å². The second kappa shape index (κ2) is 6.20. The predicted octanol–water partition coefficient (Wildman–Crippen LogP) is 3.36. The monoisotopic (exact) mass is 338 g/mol. The van der Waals surface area contributed by atoms with Crippen LogP contribution in [0.1, 0.15) is 18.7 Å². The van der Waals surface area contributed by atoms with E-state index >= 15 is 0 Å². The van der Waals surface area contributed by atoms with E-state index in [0.29, 0.717) is 5.82 Å². The number of rotatable bonds is 3. The molecule has 1 atom stereocenters. The lowest BCUT2D eigenvalue weighted by Gasteiger charge is -2.23. The van der Waals surface area contributed by atoms with Crippen molar-refractivity contribution in [3.05, 3.63) is 42.2 Å². The third-order valence-corrected chi connectivity index (χ3v) is 5.24. The molecular formula is C18H18N4OS. The summed E-state index contributed by atoms with van der Waals surface area (Å²) in [4.78, 5) is 23.2. The Bertz CT molecular complexity index is 891. The highest BCUT2D eigenvalue weighted by molar-refractivity contribution is 7.21. The Labute approximate surface area is 144 Å². The van der Waals surface area contributed by atoms with E-state index in [0.717, 1.165) is 40.3 Å². The van der Waals surface area contributed by atoms with Crippen LogP contribution in [0.2, 0.25) is 0 Å². The summed E-state index contributed by atoms with van der Waals surface area (Å²) < 4.78 is 0. The average molecular weight is 338 g/mol. The van der Waals surface area contributed by atoms with Crippen LogP contribution >= 0.6 is 11.3 Å². The number of nitrogens with zero attached hydrogens (tertiary/aromatic N) is 2. The zero-order valence-electron chi connectivity index (χ0n) is 13.4. The van der Waals surface area contributed by atoms with E-state index in [9.17, 15) is 4.79 Å². The van der Waals surface area contributed by atoms with Gasteiger partial charge in [-0.05, 0) is 31.4 Å². The molecule has 2 N–H and O–H groups in total. The van der Waals surface area contributed by atoms with Gasteiger partial charge in [0.25, 0.3) is 0 Å². The summed E-state index contributed by atoms with van der Waals surface area (Å²) in [5.74, 6) is 1.50. The molecule has 0 unspecified atom stereocenters. The summed E-state index contributed by atoms with van der Waals surface area (Å²) >= 11 is 1.65. The van der Waals surface area contributed by atoms with Gasteiger partial charge in [-0.3, -0.25) is 4.79 Å². The smallest absolute Gasteiger partial charge is 0.242 e. The summed E-state index contributed by atoms with van der Waals surface area (Å²) in [5.41, 5.74) is 1.17. The molecule has 1 aliphatic rings. The first-order valence-corrected chi connectivity index (χ1v) is 8.90. The number of hydrogen-bond acceptors (Lipinski definition) is 5. The lowest BCUT2D eigenvalue weighted by atomic mass is 10.1. The van der Waals surface area contributed by atoms with Crippen LogP contribution in [0.4, 0.5) is 5.82 Å². The lowest BCUT2D eigenvalue weighted by Crippen LogP contribution is -2.44. The third-order valence-electron chi connectivity index (χ3n) is 4.16. The van der Waals surface area contributed by atoms with Crippen molar-refractivity contribution in [3.63, 3.8) is 0 Å². The topological polar surface area (TPSA) is 66.9 Å². The van der Waals surface area contributed by atoms with Crippen LogP contribution in [0, 0.1) is 6.92 Å². The van der Waals surface area contributed by atoms with Crippen molar-refractivity contribution in [1.82, 2.24) is 15.3 Å². The van der Waals surface area contributed by atoms with Crippen LogP contribution in [0.3, 0.4) is 0 Å². The number of nitrogens with one attached hydrogen (secondary N) is 2. The summed E-state index contributed by atoms with van der Waals surface area (Å²) in [5, 5.41) is 7.20. The van der Waals surface area contributed by atoms with Crippen LogP contribution in [0.25, 0.3) is 20.7 Å². The Kier molecular flexibility index (Phi) is 3.90. The molecule has 1 aromatic carbocycles. The molecule has 3 heterocycles. The van der Waals surface area contributed by atoms with E-state index in [1.54, 1.807) is 11.3 Å². The van der Waals surface area contributed by atoms with Crippen LogP contribution in [0.15, 0.2) is 36.4 Å². The zero-order chi connectivity index (χ0) is 16.5. The normalized spacial score (nSPS) is 17.7. The van der Waals surface area contributed by atoms with Crippen LogP contribution < -0.4 is 10.6 Å². The van der Waals surface area contributed by atoms with Crippen molar-refractivity contribution >= 4 is 33.3 Å². The molecule has 0 bridgehead atoms. The molecule has 0 saturated carbocycles. The maximum Gasteiger partial charge on any atom is 0.242 e. The first-order chi connectivity index (χ1) is 11.7. The Balaban J connectivity index is 1.74. The van der Waals surface area contributed by atoms with Gasteiger partial charge in [0.2, 0.25) is 5.91 Å². The van der Waals surface area contributed by atoms with Gasteiger partial charge in [0, 0.05) is 11.4 Å². The fourth-order valence-electron chi connectivity index (χ4n) is 2.96. The van der Waals surface area contributed by atoms with Gasteiger partial charge in [0.15, 0.2) is 0 Å². The molecule has 24 heavy (non-hydrogen) atoms. The summed E-state index contributed by atoms with van der Waals surface area (Å²) in [6.07, 6.45) is 1.81. The maximum atomic E-state index is 12.0. The minimum absolute atomic E-state index is 0.0455. The van der Waals surface area contributed by atoms with Gasteiger partial charge in [-0.1, -0.05) is 30.3 Å². The van der Waals surface area contributed by atoms with Gasteiger partial charge in [-0.2, -0.15) is 0 Å². The Hall–Kier alpha value is -2.47. The molecule has 1 fully saturated rings. The number of aromatic nitrogens is 2. The molecule has 1 amide bonds. The molecule has 2 aromatic heterocycles. The van der Waals surface area contributed by atoms with Gasteiger partial charge in [-0.25, -0.2) is 9.97 Å². The van der Waals surface area contributed by atoms with Gasteiger partial charge in [0.05, 0.1) is 5.39 Å². The molecular weight excluding hydrogens is 320 g/mol. The molecule has 3 aromatic rings. The second-order valence-corrected chi connectivity index (χ2v) is 6.98. The quantitative estimate of drug-likeness (QED) is 0.768. The number of thiophene rings is 1. The number of amides is 1. The molecule has 1 aliphatic heterocycles. The van der Waals surface area contributed by atoms with Crippen LogP contribution in [-0.4, -0.2) is 28.5 Å². The number of anilines is 1. The molecule has 1 saturated heterocycles. The lowest BCUT2D eigenvalue weighted by molar-refractivity contribution is -0.123. The molecule has 6 heteroatoms. The Morgan fingerprint density at radius 3 is 2.88 bits per heavy atom. The summed E-state index contributed by atoms with van der Waals surface area (Å²) in [6.45, 7) is 2.64. The van der Waals surface area contributed by atoms with Crippen molar-refractivity contribution in [2.45, 2.75) is 25.8 Å². The van der Waals surface area contributed by atoms with Crippen LogP contribution in [0.5, 0.6) is 0 Å². The van der Waals surface area contributed by atoms with Crippen molar-refractivity contribution in [2.24, 2.45) is 0 Å². The molecule has 0 spiro atoms. The van der Waals surface area contributed by atoms with E-state index in [-0.39, 0.29) is 11.9 Å². The fourth-order valence-corrected chi connectivity index (χ4v) is 4.04. The number of hydrogen-bond donors (Lipinski definition) is 2. The first-order valence-electron chi connectivity index (χ1n) is 8.08. The van der Waals surface area contributed by atoms with Crippen molar-refractivity contribution < 1.29 is 4.79 Å². The van der Waals surface area contributed by atoms with E-state index in [4.69, 9.17) is 0 Å². The Morgan fingerprint density at radius 2 is 2.08 bits per heavy atom. The molecule has 4 rings (SSSR count). The van der Waals surface area contributed by atoms with Gasteiger partial charge < -0.3 is 10.6 Å². The van der Waals surface area contributed by atoms with E-state index in [1.807, 2.05) is 25.1 Å². The number of carbonyl (C=O) groups is 1. The van der Waals surface area contributed by atoms with Crippen LogP contribution in [-0.2, 0) is 4.79 Å². The second-order valence-electron chi connectivity index (χ2n) is 5.95. The highest BCUT2D eigenvalue weighted by atomic mass is 32.1. The van der Waals surface area contributed by atoms with E-state index in [2.05, 4.69) is 38.8 Å². The fraction of sp³-hybridized carbons (Fsp3) is 0.278. The average Bonchev–Trinajstić information content (AvgIpc) is 3.02. The third kappa shape index (κ3) is 2.85. The number of fused-ring (bicyclic) bond motifs is 1. The van der Waals surface area contributed by atoms with Crippen molar-refractivity contribution in [3.8, 4) is 10.4 Å². The van der Waals surface area contributed by atoms with Crippen molar-refractivity contribution in [2.75, 3.05) is 11.9 Å². The minimum Gasteiger partial charge on any atom is -0.358 e. The Morgan fingerprint density at radius 1 is 1.25 bits per heavy atom. The predicted molar refractivity (Wildman–Crippen MR) is 97.2 cm³/mol. The molecule has 122 valence electrons. The first kappa shape index (κ1) is 15.1. The standard InChI is InChI=1S/C18H18N4OS/c1-11-20-16(22-14-8-5-9-19-17(14)23)13-10-15(24-18(13)21-11)12-6-3-2-4-7-12/h2-4,6-7,10,14H,5,8-9H2,1H3,(H,19,23)(H,20,21,22)/t14-/m1/s1. The van der Waals surface area contributed by atoms with E-state index < -0.39 is 0 Å². The number of piperidine rings is 1. The maximum absolute atomic E-state index is 12.0. The van der Waals surface area contributed by atoms with Gasteiger partial charge in [-0.15, -0.1) is 11.3 Å². The zero-order valence-corrected chi connectivity index (χ0v) is 14.2. The largest absolute Gasteiger partial charge is 0.358 e. The summed E-state index contributed by atoms with van der Waals surface area (Å²) in [7, 11) is 0. The summed E-state index contributed by atoms with van der Waals surface area (Å²) in [6, 6.07) is 12.1. The van der Waals surface area contributed by atoms with E-state index in [1.165, 1.54) is 5.56 Å². The van der Waals surface area contributed by atoms with Gasteiger partial charge >= 0.3 is 0 Å². The molecule has 0 aliphatic carbocycles. The number of carbonyl (C=O) groups excluding carboxylic acids is 1. The van der Waals surface area contributed by atoms with Gasteiger partial charge in [0.1, 0.15) is 22.5 Å². The number of benzene rings is 1. The number of aryl methyl sites for hydroxylation is 1. The molecule has 0 radical (unpaired) electrons. The highest BCUT2D eigenvalue weighted by Gasteiger charge is 2.23. The highest BCUT2D eigenvalue weighted by Crippen LogP contribution is 2.35.